The van der Waals surface area contributed by atoms with Gasteiger partial charge in [-0.25, -0.2) is 0 Å². The Balaban J connectivity index is 2.32. The second kappa shape index (κ2) is 8.76. The van der Waals surface area contributed by atoms with Gasteiger partial charge in [0.1, 0.15) is 0 Å². The third-order valence-corrected chi connectivity index (χ3v) is 3.55. The van der Waals surface area contributed by atoms with Crippen LogP contribution < -0.4 is 5.32 Å². The van der Waals surface area contributed by atoms with Crippen molar-refractivity contribution < 1.29 is 4.74 Å². The van der Waals surface area contributed by atoms with Crippen LogP contribution in [0.4, 0.5) is 0 Å². The third kappa shape index (κ3) is 5.15. The molecule has 0 amide bonds. The van der Waals surface area contributed by atoms with E-state index in [-0.39, 0.29) is 6.04 Å². The molecule has 0 bridgehead atoms. The van der Waals surface area contributed by atoms with Gasteiger partial charge in [-0.2, -0.15) is 0 Å². The third-order valence-electron chi connectivity index (χ3n) is 2.71. The first-order chi connectivity index (χ1) is 8.66. The molecule has 1 atom stereocenters. The molecule has 1 aromatic carbocycles. The van der Waals surface area contributed by atoms with Crippen molar-refractivity contribution in [1.29, 1.82) is 0 Å². The minimum atomic E-state index is 0.197. The van der Waals surface area contributed by atoms with Crippen molar-refractivity contribution in [2.75, 3.05) is 19.8 Å². The smallest absolute Gasteiger partial charge is 0.0639 e. The van der Waals surface area contributed by atoms with Gasteiger partial charge in [0, 0.05) is 19.3 Å². The molecule has 18 heavy (non-hydrogen) atoms. The number of hydrogen-bond acceptors (Lipinski definition) is 2. The van der Waals surface area contributed by atoms with Gasteiger partial charge in [-0.1, -0.05) is 42.3 Å². The molecule has 1 aromatic rings. The lowest BCUT2D eigenvalue weighted by molar-refractivity contribution is 0.132. The fraction of sp³-hybridized carbons (Fsp3) is 0.571. The molecule has 1 N–H and O–H groups in total. The highest BCUT2D eigenvalue weighted by Crippen LogP contribution is 2.29. The lowest BCUT2D eigenvalue weighted by atomic mass is 10.1. The van der Waals surface area contributed by atoms with Gasteiger partial charge >= 0.3 is 0 Å². The van der Waals surface area contributed by atoms with Gasteiger partial charge in [-0.3, -0.25) is 0 Å². The number of benzene rings is 1. The summed E-state index contributed by atoms with van der Waals surface area (Å²) in [5.74, 6) is 0. The van der Waals surface area contributed by atoms with Crippen molar-refractivity contribution in [3.05, 3.63) is 33.8 Å². The van der Waals surface area contributed by atoms with Gasteiger partial charge in [0.05, 0.1) is 10.0 Å². The quantitative estimate of drug-likeness (QED) is 0.714. The van der Waals surface area contributed by atoms with Gasteiger partial charge in [0.15, 0.2) is 0 Å². The maximum Gasteiger partial charge on any atom is 0.0639 e. The highest BCUT2D eigenvalue weighted by molar-refractivity contribution is 6.42. The Kier molecular flexibility index (Phi) is 7.68. The molecule has 0 saturated carbocycles. The molecule has 0 radical (unpaired) electrons. The summed E-state index contributed by atoms with van der Waals surface area (Å²) >= 11 is 12.2. The average molecular weight is 290 g/mol. The van der Waals surface area contributed by atoms with E-state index in [0.717, 1.165) is 38.2 Å². The van der Waals surface area contributed by atoms with Crippen LogP contribution in [-0.2, 0) is 4.74 Å². The first-order valence-electron chi connectivity index (χ1n) is 6.41. The minimum absolute atomic E-state index is 0.197. The lowest BCUT2D eigenvalue weighted by Crippen LogP contribution is -2.21. The molecule has 0 fully saturated rings. The Labute approximate surface area is 120 Å². The monoisotopic (exact) mass is 289 g/mol. The standard InChI is InChI=1S/C14H21Cl2NO/c1-3-9-18-10-5-8-17-11(2)12-6-4-7-13(15)14(12)16/h4,6-7,11,17H,3,5,8-10H2,1-2H3. The predicted octanol–water partition coefficient (Wildman–Crippen LogP) is 4.46. The van der Waals surface area contributed by atoms with E-state index >= 15 is 0 Å². The molecule has 0 aliphatic rings. The summed E-state index contributed by atoms with van der Waals surface area (Å²) in [4.78, 5) is 0. The van der Waals surface area contributed by atoms with E-state index in [1.54, 1.807) is 6.07 Å². The minimum Gasteiger partial charge on any atom is -0.381 e. The van der Waals surface area contributed by atoms with E-state index < -0.39 is 0 Å². The number of halogens is 2. The van der Waals surface area contributed by atoms with Gasteiger partial charge in [-0.05, 0) is 37.9 Å². The van der Waals surface area contributed by atoms with Crippen molar-refractivity contribution in [3.8, 4) is 0 Å². The second-order valence-corrected chi connectivity index (χ2v) is 5.07. The number of ether oxygens (including phenoxy) is 1. The molecule has 2 nitrogen and oxygen atoms in total. The zero-order valence-corrected chi connectivity index (χ0v) is 12.5. The van der Waals surface area contributed by atoms with Crippen LogP contribution in [0.5, 0.6) is 0 Å². The van der Waals surface area contributed by atoms with Crippen LogP contribution in [0, 0.1) is 0 Å². The molecule has 0 aromatic heterocycles. The maximum atomic E-state index is 6.17. The Morgan fingerprint density at radius 3 is 2.78 bits per heavy atom. The number of rotatable bonds is 8. The summed E-state index contributed by atoms with van der Waals surface area (Å²) in [6.07, 6.45) is 2.07. The Morgan fingerprint density at radius 2 is 2.06 bits per heavy atom. The fourth-order valence-corrected chi connectivity index (χ4v) is 2.18. The highest BCUT2D eigenvalue weighted by Gasteiger charge is 2.10. The normalized spacial score (nSPS) is 12.7. The Morgan fingerprint density at radius 1 is 1.28 bits per heavy atom. The first kappa shape index (κ1) is 15.8. The molecule has 4 heteroatoms. The molecule has 0 aliphatic heterocycles. The van der Waals surface area contributed by atoms with Crippen molar-refractivity contribution in [2.24, 2.45) is 0 Å². The molecule has 0 spiro atoms. The Bertz CT molecular complexity index is 358. The van der Waals surface area contributed by atoms with Crippen LogP contribution >= 0.6 is 23.2 Å². The highest BCUT2D eigenvalue weighted by atomic mass is 35.5. The Hall–Kier alpha value is -0.280. The van der Waals surface area contributed by atoms with E-state index in [0.29, 0.717) is 10.0 Å². The topological polar surface area (TPSA) is 21.3 Å². The van der Waals surface area contributed by atoms with Crippen molar-refractivity contribution in [2.45, 2.75) is 32.7 Å². The fourth-order valence-electron chi connectivity index (χ4n) is 1.70. The van der Waals surface area contributed by atoms with Gasteiger partial charge in [0.2, 0.25) is 0 Å². The predicted molar refractivity (Wildman–Crippen MR) is 78.6 cm³/mol. The lowest BCUT2D eigenvalue weighted by Gasteiger charge is -2.16. The van der Waals surface area contributed by atoms with Gasteiger partial charge < -0.3 is 10.1 Å². The summed E-state index contributed by atoms with van der Waals surface area (Å²) in [5.41, 5.74) is 1.04. The molecule has 1 unspecified atom stereocenters. The van der Waals surface area contributed by atoms with Crippen molar-refractivity contribution >= 4 is 23.2 Å². The zero-order chi connectivity index (χ0) is 13.4. The molecule has 0 saturated heterocycles. The van der Waals surface area contributed by atoms with E-state index in [4.69, 9.17) is 27.9 Å². The second-order valence-electron chi connectivity index (χ2n) is 4.28. The van der Waals surface area contributed by atoms with Crippen LogP contribution in [0.2, 0.25) is 10.0 Å². The molecule has 0 aliphatic carbocycles. The van der Waals surface area contributed by atoms with Crippen LogP contribution in [-0.4, -0.2) is 19.8 Å². The summed E-state index contributed by atoms with van der Waals surface area (Å²) in [6.45, 7) is 6.76. The average Bonchev–Trinajstić information content (AvgIpc) is 2.36. The SMILES string of the molecule is CCCOCCCNC(C)c1cccc(Cl)c1Cl. The molecule has 102 valence electrons. The molecular weight excluding hydrogens is 269 g/mol. The van der Waals surface area contributed by atoms with Crippen LogP contribution in [0.25, 0.3) is 0 Å². The van der Waals surface area contributed by atoms with Crippen LogP contribution in [0.1, 0.15) is 38.3 Å². The van der Waals surface area contributed by atoms with E-state index in [1.807, 2.05) is 12.1 Å². The summed E-state index contributed by atoms with van der Waals surface area (Å²) < 4.78 is 5.43. The van der Waals surface area contributed by atoms with E-state index in [2.05, 4.69) is 19.2 Å². The summed E-state index contributed by atoms with van der Waals surface area (Å²) in [7, 11) is 0. The zero-order valence-electron chi connectivity index (χ0n) is 11.0. The van der Waals surface area contributed by atoms with Crippen molar-refractivity contribution in [3.63, 3.8) is 0 Å². The summed E-state index contributed by atoms with van der Waals surface area (Å²) in [5, 5.41) is 4.67. The molecular formula is C14H21Cl2NO. The number of hydrogen-bond donors (Lipinski definition) is 1. The largest absolute Gasteiger partial charge is 0.381 e. The van der Waals surface area contributed by atoms with Crippen LogP contribution in [0.3, 0.4) is 0 Å². The van der Waals surface area contributed by atoms with E-state index in [1.165, 1.54) is 0 Å². The molecule has 0 heterocycles. The summed E-state index contributed by atoms with van der Waals surface area (Å²) in [6, 6.07) is 5.92. The van der Waals surface area contributed by atoms with E-state index in [9.17, 15) is 0 Å². The number of nitrogens with one attached hydrogen (secondary N) is 1. The molecule has 1 rings (SSSR count). The van der Waals surface area contributed by atoms with Crippen molar-refractivity contribution in [1.82, 2.24) is 5.32 Å². The van der Waals surface area contributed by atoms with Crippen LogP contribution in [0.15, 0.2) is 18.2 Å². The maximum absolute atomic E-state index is 6.17. The first-order valence-corrected chi connectivity index (χ1v) is 7.17. The van der Waals surface area contributed by atoms with Gasteiger partial charge in [0.25, 0.3) is 0 Å². The van der Waals surface area contributed by atoms with Gasteiger partial charge in [-0.15, -0.1) is 0 Å².